The molecule has 0 saturated heterocycles. The van der Waals surface area contributed by atoms with Crippen molar-refractivity contribution >= 4 is 46.9 Å². The van der Waals surface area contributed by atoms with Crippen LogP contribution in [-0.2, 0) is 7.05 Å². The van der Waals surface area contributed by atoms with Gasteiger partial charge in [-0.2, -0.15) is 4.98 Å². The van der Waals surface area contributed by atoms with Crippen LogP contribution in [0.3, 0.4) is 0 Å². The maximum Gasteiger partial charge on any atom is 0.506 e. The fraction of sp³-hybridized carbons (Fsp3) is 0.143. The third kappa shape index (κ3) is 1.70. The predicted octanol–water partition coefficient (Wildman–Crippen LogP) is -0.0451. The van der Waals surface area contributed by atoms with Crippen LogP contribution in [0.2, 0.25) is 10.4 Å². The average molecular weight is 246 g/mol. The normalized spacial score (nSPS) is 11.0. The van der Waals surface area contributed by atoms with Crippen molar-refractivity contribution in [1.29, 1.82) is 0 Å². The van der Waals surface area contributed by atoms with Crippen LogP contribution < -0.4 is 5.59 Å². The fourth-order valence-electron chi connectivity index (χ4n) is 1.40. The van der Waals surface area contributed by atoms with E-state index in [1.165, 1.54) is 10.6 Å². The van der Waals surface area contributed by atoms with E-state index in [-0.39, 0.29) is 16.0 Å². The van der Waals surface area contributed by atoms with Gasteiger partial charge in [0.2, 0.25) is 5.28 Å². The van der Waals surface area contributed by atoms with Gasteiger partial charge in [0.1, 0.15) is 10.8 Å². The summed E-state index contributed by atoms with van der Waals surface area (Å²) in [7, 11) is 0.0515. The van der Waals surface area contributed by atoms with Crippen molar-refractivity contribution in [1.82, 2.24) is 14.5 Å². The molecule has 0 aliphatic heterocycles. The maximum absolute atomic E-state index is 9.08. The number of nitrogens with zero attached hydrogens (tertiary/aromatic N) is 3. The molecule has 0 bridgehead atoms. The van der Waals surface area contributed by atoms with Gasteiger partial charge >= 0.3 is 7.12 Å². The predicted molar refractivity (Wildman–Crippen MR) is 58.4 cm³/mol. The molecule has 0 spiro atoms. The molecule has 0 radical (unpaired) electrons. The van der Waals surface area contributed by atoms with Crippen LogP contribution in [0.25, 0.3) is 11.0 Å². The summed E-state index contributed by atoms with van der Waals surface area (Å²) in [6.07, 6.45) is 0. The van der Waals surface area contributed by atoms with Crippen LogP contribution in [-0.4, -0.2) is 31.7 Å². The number of rotatable bonds is 1. The molecule has 5 nitrogen and oxygen atoms in total. The van der Waals surface area contributed by atoms with E-state index in [1.807, 2.05) is 0 Å². The zero-order chi connectivity index (χ0) is 11.2. The summed E-state index contributed by atoms with van der Waals surface area (Å²) in [5.74, 6) is 0. The summed E-state index contributed by atoms with van der Waals surface area (Å²) in [6.45, 7) is 0. The summed E-state index contributed by atoms with van der Waals surface area (Å²) in [5, 5.41) is 18.9. The lowest BCUT2D eigenvalue weighted by Crippen LogP contribution is -2.34. The Morgan fingerprint density at radius 2 is 2.00 bits per heavy atom. The Labute approximate surface area is 95.4 Å². The molecule has 2 aromatic heterocycles. The smallest absolute Gasteiger partial charge is 0.422 e. The number of hydrogen-bond donors (Lipinski definition) is 2. The third-order valence-electron chi connectivity index (χ3n) is 2.11. The van der Waals surface area contributed by atoms with Crippen LogP contribution in [0.1, 0.15) is 0 Å². The van der Waals surface area contributed by atoms with E-state index in [4.69, 9.17) is 33.2 Å². The van der Waals surface area contributed by atoms with Gasteiger partial charge in [0.25, 0.3) is 0 Å². The second kappa shape index (κ2) is 3.64. The van der Waals surface area contributed by atoms with Crippen LogP contribution >= 0.6 is 23.2 Å². The van der Waals surface area contributed by atoms with Gasteiger partial charge < -0.3 is 14.6 Å². The molecule has 0 aromatic carbocycles. The van der Waals surface area contributed by atoms with E-state index in [9.17, 15) is 0 Å². The zero-order valence-electron chi connectivity index (χ0n) is 7.65. The quantitative estimate of drug-likeness (QED) is 0.420. The topological polar surface area (TPSA) is 71.2 Å². The number of fused-ring (bicyclic) bond motifs is 1. The minimum atomic E-state index is -1.58. The fourth-order valence-corrected chi connectivity index (χ4v) is 1.83. The highest BCUT2D eigenvalue weighted by Crippen LogP contribution is 2.21. The lowest BCUT2D eigenvalue weighted by atomic mass is 9.86. The SMILES string of the molecule is Cn1c(B(O)O)cc2c(Cl)nc(Cl)nc21. The second-order valence-corrected chi connectivity index (χ2v) is 3.72. The Balaban J connectivity index is 2.82. The van der Waals surface area contributed by atoms with Crippen LogP contribution in [0.5, 0.6) is 0 Å². The Hall–Kier alpha value is -0.815. The molecule has 0 unspecified atom stereocenters. The molecule has 2 rings (SSSR count). The summed E-state index contributed by atoms with van der Waals surface area (Å²) in [6, 6.07) is 1.51. The second-order valence-electron chi connectivity index (χ2n) is 3.02. The first kappa shape index (κ1) is 10.7. The van der Waals surface area contributed by atoms with Crippen LogP contribution in [0.4, 0.5) is 0 Å². The molecule has 0 atom stereocenters. The van der Waals surface area contributed by atoms with Gasteiger partial charge in [-0.1, -0.05) is 11.6 Å². The molecule has 0 saturated carbocycles. The lowest BCUT2D eigenvalue weighted by Gasteiger charge is -2.01. The first-order valence-corrected chi connectivity index (χ1v) is 4.81. The average Bonchev–Trinajstić information content (AvgIpc) is 2.44. The molecule has 0 aliphatic carbocycles. The van der Waals surface area contributed by atoms with Crippen molar-refractivity contribution in [3.63, 3.8) is 0 Å². The maximum atomic E-state index is 9.08. The van der Waals surface area contributed by atoms with Gasteiger partial charge in [-0.25, -0.2) is 4.98 Å². The molecular weight excluding hydrogens is 240 g/mol. The van der Waals surface area contributed by atoms with Crippen molar-refractivity contribution < 1.29 is 10.0 Å². The number of aryl methyl sites for hydroxylation is 1. The van der Waals surface area contributed by atoms with Gasteiger partial charge in [0.05, 0.1) is 11.0 Å². The van der Waals surface area contributed by atoms with Gasteiger partial charge in [-0.3, -0.25) is 0 Å². The summed E-state index contributed by atoms with van der Waals surface area (Å²) >= 11 is 11.5. The molecule has 2 N–H and O–H groups in total. The molecule has 15 heavy (non-hydrogen) atoms. The highest BCUT2D eigenvalue weighted by molar-refractivity contribution is 6.58. The Morgan fingerprint density at radius 1 is 1.33 bits per heavy atom. The highest BCUT2D eigenvalue weighted by atomic mass is 35.5. The first-order chi connectivity index (χ1) is 7.00. The standard InChI is InChI=1S/C7H6BCl2N3O2/c1-13-4(8(14)15)2-3-5(9)11-7(10)12-6(3)13/h2,14-15H,1H3. The van der Waals surface area contributed by atoms with Gasteiger partial charge in [-0.05, 0) is 17.7 Å². The molecule has 78 valence electrons. The van der Waals surface area contributed by atoms with E-state index in [0.717, 1.165) is 0 Å². The largest absolute Gasteiger partial charge is 0.506 e. The first-order valence-electron chi connectivity index (χ1n) is 4.05. The lowest BCUT2D eigenvalue weighted by molar-refractivity contribution is 0.423. The van der Waals surface area contributed by atoms with E-state index >= 15 is 0 Å². The number of aromatic nitrogens is 3. The minimum Gasteiger partial charge on any atom is -0.422 e. The number of hydrogen-bond acceptors (Lipinski definition) is 4. The Bertz CT molecular complexity index is 528. The Kier molecular flexibility index (Phi) is 2.60. The van der Waals surface area contributed by atoms with E-state index in [0.29, 0.717) is 11.0 Å². The van der Waals surface area contributed by atoms with Crippen molar-refractivity contribution in [2.45, 2.75) is 0 Å². The minimum absolute atomic E-state index is 0.0210. The van der Waals surface area contributed by atoms with Gasteiger partial charge in [0, 0.05) is 7.05 Å². The van der Waals surface area contributed by atoms with Gasteiger partial charge in [-0.15, -0.1) is 0 Å². The van der Waals surface area contributed by atoms with E-state index in [1.54, 1.807) is 7.05 Å². The van der Waals surface area contributed by atoms with Crippen LogP contribution in [0, 0.1) is 0 Å². The van der Waals surface area contributed by atoms with Crippen molar-refractivity contribution in [2.75, 3.05) is 0 Å². The van der Waals surface area contributed by atoms with Crippen molar-refractivity contribution in [3.05, 3.63) is 16.5 Å². The van der Waals surface area contributed by atoms with E-state index < -0.39 is 7.12 Å². The molecule has 2 aromatic rings. The summed E-state index contributed by atoms with van der Waals surface area (Å²) in [4.78, 5) is 7.71. The molecular formula is C7H6BCl2N3O2. The third-order valence-corrected chi connectivity index (χ3v) is 2.57. The molecule has 2 heterocycles. The molecule has 0 amide bonds. The van der Waals surface area contributed by atoms with Crippen molar-refractivity contribution in [3.8, 4) is 0 Å². The van der Waals surface area contributed by atoms with Gasteiger partial charge in [0.15, 0.2) is 0 Å². The number of halogens is 2. The van der Waals surface area contributed by atoms with Crippen molar-refractivity contribution in [2.24, 2.45) is 7.05 Å². The monoisotopic (exact) mass is 245 g/mol. The molecule has 0 aliphatic rings. The van der Waals surface area contributed by atoms with Crippen LogP contribution in [0.15, 0.2) is 6.07 Å². The summed E-state index contributed by atoms with van der Waals surface area (Å²) < 4.78 is 1.50. The molecule has 8 heteroatoms. The Morgan fingerprint density at radius 3 is 2.60 bits per heavy atom. The highest BCUT2D eigenvalue weighted by Gasteiger charge is 2.20. The molecule has 0 fully saturated rings. The van der Waals surface area contributed by atoms with E-state index in [2.05, 4.69) is 9.97 Å². The summed E-state index contributed by atoms with van der Waals surface area (Å²) in [5.41, 5.74) is 0.742. The zero-order valence-corrected chi connectivity index (χ0v) is 9.16.